The molecule has 4 nitrogen and oxygen atoms in total. The van der Waals surface area contributed by atoms with Gasteiger partial charge < -0.3 is 5.32 Å². The predicted octanol–water partition coefficient (Wildman–Crippen LogP) is 3.40. The first-order chi connectivity index (χ1) is 12.6. The molecule has 1 saturated heterocycles. The minimum atomic E-state index is 0.110. The monoisotopic (exact) mass is 418 g/mol. The lowest BCUT2D eigenvalue weighted by Gasteiger charge is -2.33. The van der Waals surface area contributed by atoms with Gasteiger partial charge in [-0.05, 0) is 52.9 Å². The van der Waals surface area contributed by atoms with E-state index in [1.165, 1.54) is 27.0 Å². The van der Waals surface area contributed by atoms with Crippen LogP contribution in [-0.2, 0) is 12.8 Å². The summed E-state index contributed by atoms with van der Waals surface area (Å²) in [6.07, 6.45) is 3.73. The summed E-state index contributed by atoms with van der Waals surface area (Å²) in [5.74, 6) is 0. The third kappa shape index (κ3) is 3.80. The van der Waals surface area contributed by atoms with Crippen molar-refractivity contribution in [2.24, 2.45) is 0 Å². The summed E-state index contributed by atoms with van der Waals surface area (Å²) in [7, 11) is 0. The largest absolute Gasteiger partial charge is 0.314 e. The Hall–Kier alpha value is -1.43. The summed E-state index contributed by atoms with van der Waals surface area (Å²) in [6, 6.07) is 9.04. The highest BCUT2D eigenvalue weighted by Crippen LogP contribution is 2.36. The van der Waals surface area contributed by atoms with Crippen molar-refractivity contribution in [1.29, 1.82) is 0 Å². The third-order valence-corrected chi connectivity index (χ3v) is 5.60. The molecule has 0 unspecified atom stereocenters. The highest BCUT2D eigenvalue weighted by molar-refractivity contribution is 9.10. The zero-order valence-corrected chi connectivity index (χ0v) is 17.5. The lowest BCUT2D eigenvalue weighted by atomic mass is 9.95. The van der Waals surface area contributed by atoms with Crippen molar-refractivity contribution in [2.75, 3.05) is 26.2 Å². The van der Waals surface area contributed by atoms with Crippen molar-refractivity contribution < 1.29 is 9.94 Å². The zero-order chi connectivity index (χ0) is 18.7. The van der Waals surface area contributed by atoms with Crippen molar-refractivity contribution in [2.45, 2.75) is 39.7 Å². The lowest BCUT2D eigenvalue weighted by Crippen LogP contribution is -2.49. The number of nitrogens with one attached hydrogen (secondary N) is 1. The van der Waals surface area contributed by atoms with E-state index in [1.54, 1.807) is 6.20 Å². The minimum Gasteiger partial charge on any atom is -0.314 e. The second-order valence-corrected chi connectivity index (χ2v) is 7.72. The minimum absolute atomic E-state index is 0.110. The maximum atomic E-state index is 10.7. The van der Waals surface area contributed by atoms with E-state index in [9.17, 15) is 5.21 Å². The fourth-order valence-corrected chi connectivity index (χ4v) is 4.53. The van der Waals surface area contributed by atoms with E-state index in [-0.39, 0.29) is 6.04 Å². The van der Waals surface area contributed by atoms with E-state index in [2.05, 4.69) is 57.3 Å². The van der Waals surface area contributed by atoms with Crippen LogP contribution in [-0.4, -0.2) is 36.3 Å². The quantitative estimate of drug-likeness (QED) is 0.550. The van der Waals surface area contributed by atoms with Crippen molar-refractivity contribution in [3.63, 3.8) is 0 Å². The van der Waals surface area contributed by atoms with Crippen molar-refractivity contribution in [1.82, 2.24) is 10.2 Å². The van der Waals surface area contributed by atoms with E-state index in [1.807, 2.05) is 13.8 Å². The molecule has 1 aliphatic carbocycles. The molecule has 140 valence electrons. The van der Waals surface area contributed by atoms with Crippen LogP contribution in [0.1, 0.15) is 47.8 Å². The molecule has 26 heavy (non-hydrogen) atoms. The molecule has 0 saturated carbocycles. The van der Waals surface area contributed by atoms with Crippen LogP contribution in [0.2, 0.25) is 0 Å². The molecule has 0 radical (unpaired) electrons. The zero-order valence-electron chi connectivity index (χ0n) is 15.9. The average molecular weight is 419 g/mol. The summed E-state index contributed by atoms with van der Waals surface area (Å²) in [5.41, 5.74) is 6.29. The second-order valence-electron chi connectivity index (χ2n) is 6.80. The van der Waals surface area contributed by atoms with Gasteiger partial charge in [0.2, 0.25) is 6.20 Å². The van der Waals surface area contributed by atoms with Gasteiger partial charge in [-0.25, -0.2) is 0 Å². The number of hydrogen-bond donors (Lipinski definition) is 2. The van der Waals surface area contributed by atoms with Gasteiger partial charge >= 0.3 is 0 Å². The Morgan fingerprint density at radius 2 is 1.81 bits per heavy atom. The molecule has 2 aromatic rings. The summed E-state index contributed by atoms with van der Waals surface area (Å²) >= 11 is 3.53. The molecule has 2 N–H and O–H groups in total. The SMILES string of the molecule is CC.Cc1ccc2c(c1)CCc1cc(Br)c[n+](O)c1[C@@H]2N1CCNCC1. The van der Waals surface area contributed by atoms with Gasteiger partial charge in [0.15, 0.2) is 0 Å². The number of piperazine rings is 1. The average Bonchev–Trinajstić information content (AvgIpc) is 2.81. The molecule has 5 heteroatoms. The molecule has 1 aromatic carbocycles. The molecule has 1 aliphatic heterocycles. The molecule has 0 bridgehead atoms. The molecule has 1 atom stereocenters. The van der Waals surface area contributed by atoms with Crippen molar-refractivity contribution in [3.8, 4) is 0 Å². The lowest BCUT2D eigenvalue weighted by molar-refractivity contribution is -0.911. The summed E-state index contributed by atoms with van der Waals surface area (Å²) in [5, 5.41) is 14.1. The van der Waals surface area contributed by atoms with E-state index in [0.717, 1.165) is 49.2 Å². The summed E-state index contributed by atoms with van der Waals surface area (Å²) < 4.78 is 2.26. The first-order valence-electron chi connectivity index (χ1n) is 9.61. The molecule has 0 spiro atoms. The molecular weight excluding hydrogens is 390 g/mol. The second kappa shape index (κ2) is 8.51. The number of halogens is 1. The van der Waals surface area contributed by atoms with Gasteiger partial charge in [0, 0.05) is 36.5 Å². The first kappa shape index (κ1) is 19.3. The van der Waals surface area contributed by atoms with Gasteiger partial charge in [-0.15, -0.1) is 0 Å². The topological polar surface area (TPSA) is 39.4 Å². The molecule has 4 rings (SSSR count). The van der Waals surface area contributed by atoms with Crippen LogP contribution in [0.3, 0.4) is 0 Å². The number of hydrogen-bond acceptors (Lipinski definition) is 3. The number of fused-ring (bicyclic) bond motifs is 2. The van der Waals surface area contributed by atoms with Gasteiger partial charge in [0.25, 0.3) is 5.69 Å². The fraction of sp³-hybridized carbons (Fsp3) is 0.476. The first-order valence-corrected chi connectivity index (χ1v) is 10.4. The van der Waals surface area contributed by atoms with Gasteiger partial charge in [0.1, 0.15) is 6.04 Å². The number of rotatable bonds is 1. The van der Waals surface area contributed by atoms with Gasteiger partial charge in [-0.3, -0.25) is 10.1 Å². The van der Waals surface area contributed by atoms with Gasteiger partial charge in [0.05, 0.1) is 4.47 Å². The number of pyridine rings is 1. The van der Waals surface area contributed by atoms with Crippen molar-refractivity contribution in [3.05, 3.63) is 62.9 Å². The Morgan fingerprint density at radius 3 is 2.54 bits per heavy atom. The van der Waals surface area contributed by atoms with Crippen LogP contribution in [0.25, 0.3) is 0 Å². The van der Waals surface area contributed by atoms with Crippen LogP contribution in [0.4, 0.5) is 0 Å². The molecule has 2 heterocycles. The Morgan fingerprint density at radius 1 is 1.12 bits per heavy atom. The van der Waals surface area contributed by atoms with E-state index in [0.29, 0.717) is 0 Å². The molecule has 0 amide bonds. The number of aryl methyl sites for hydroxylation is 3. The molecule has 1 fully saturated rings. The standard InChI is InChI=1S/C19H23BrN3O.C2H6/c1-13-2-5-17-14(10-13)3-4-15-11-16(20)12-23(24)18(15)19(17)22-8-6-21-7-9-22;1-2/h2,5,10-12,19,21,24H,3-4,6-9H2,1H3;1-2H3/q+1;/t19-;/m1./s1. The highest BCUT2D eigenvalue weighted by Gasteiger charge is 2.37. The summed E-state index contributed by atoms with van der Waals surface area (Å²) in [4.78, 5) is 2.50. The number of nitrogens with zero attached hydrogens (tertiary/aromatic N) is 2. The van der Waals surface area contributed by atoms with Crippen LogP contribution in [0.15, 0.2) is 34.9 Å². The van der Waals surface area contributed by atoms with Crippen LogP contribution >= 0.6 is 15.9 Å². The maximum absolute atomic E-state index is 10.7. The fourth-order valence-electron chi connectivity index (χ4n) is 4.06. The Balaban J connectivity index is 0.000000948. The van der Waals surface area contributed by atoms with E-state index < -0.39 is 0 Å². The molecular formula is C21H29BrN3O+. The highest BCUT2D eigenvalue weighted by atomic mass is 79.9. The van der Waals surface area contributed by atoms with E-state index >= 15 is 0 Å². The predicted molar refractivity (Wildman–Crippen MR) is 108 cm³/mol. The third-order valence-electron chi connectivity index (χ3n) is 5.17. The van der Waals surface area contributed by atoms with Gasteiger partial charge in [-0.1, -0.05) is 37.6 Å². The summed E-state index contributed by atoms with van der Waals surface area (Å²) in [6.45, 7) is 10.1. The normalized spacial score (nSPS) is 19.6. The van der Waals surface area contributed by atoms with Gasteiger partial charge in [-0.2, -0.15) is 0 Å². The maximum Gasteiger partial charge on any atom is 0.258 e. The van der Waals surface area contributed by atoms with Crippen LogP contribution < -0.4 is 10.0 Å². The van der Waals surface area contributed by atoms with Crippen LogP contribution in [0, 0.1) is 6.92 Å². The number of aromatic nitrogens is 1. The Labute approximate surface area is 164 Å². The number of benzene rings is 1. The van der Waals surface area contributed by atoms with Crippen LogP contribution in [0.5, 0.6) is 0 Å². The molecule has 2 aliphatic rings. The smallest absolute Gasteiger partial charge is 0.258 e. The van der Waals surface area contributed by atoms with Crippen molar-refractivity contribution >= 4 is 15.9 Å². The molecule has 1 aromatic heterocycles. The Bertz CT molecular complexity index is 772. The Kier molecular flexibility index (Phi) is 6.33. The van der Waals surface area contributed by atoms with E-state index in [4.69, 9.17) is 0 Å².